The molecule has 8 nitrogen and oxygen atoms in total. The highest BCUT2D eigenvalue weighted by molar-refractivity contribution is 8.00. The summed E-state index contributed by atoms with van der Waals surface area (Å²) in [4.78, 5) is 52.7. The molecule has 9 heteroatoms. The number of thioether (sulfide) groups is 1. The predicted octanol–water partition coefficient (Wildman–Crippen LogP) is 8.17. The number of carbonyl (C=O) groups is 4. The highest BCUT2D eigenvalue weighted by atomic mass is 32.2. The first kappa shape index (κ1) is 34.4. The van der Waals surface area contributed by atoms with Crippen LogP contribution in [-0.2, 0) is 9.59 Å². The van der Waals surface area contributed by atoms with Gasteiger partial charge in [-0.1, -0.05) is 66.7 Å². The molecular weight excluding hydrogens is 635 g/mol. The van der Waals surface area contributed by atoms with Crippen LogP contribution in [0.25, 0.3) is 6.08 Å². The zero-order valence-electron chi connectivity index (χ0n) is 27.0. The van der Waals surface area contributed by atoms with Gasteiger partial charge in [0, 0.05) is 33.0 Å². The minimum absolute atomic E-state index is 0.0385. The van der Waals surface area contributed by atoms with Crippen molar-refractivity contribution in [3.05, 3.63) is 161 Å². The van der Waals surface area contributed by atoms with Crippen LogP contribution in [0.2, 0.25) is 0 Å². The fourth-order valence-electron chi connectivity index (χ4n) is 4.83. The van der Waals surface area contributed by atoms with E-state index in [0.717, 1.165) is 10.5 Å². The van der Waals surface area contributed by atoms with Crippen molar-refractivity contribution in [2.45, 2.75) is 24.0 Å². The van der Waals surface area contributed by atoms with Crippen LogP contribution < -0.4 is 20.7 Å². The Morgan fingerprint density at radius 3 is 1.94 bits per heavy atom. The maximum atomic E-state index is 13.6. The molecule has 1 atom stereocenters. The van der Waals surface area contributed by atoms with Gasteiger partial charge in [-0.05, 0) is 92.2 Å². The van der Waals surface area contributed by atoms with Crippen molar-refractivity contribution in [1.82, 2.24) is 5.32 Å². The number of carbonyl (C=O) groups excluding carboxylic acids is 4. The Bertz CT molecular complexity index is 1940. The molecule has 0 spiro atoms. The number of anilines is 2. The molecule has 0 saturated heterocycles. The van der Waals surface area contributed by atoms with E-state index in [1.54, 1.807) is 78.9 Å². The molecule has 0 aliphatic rings. The van der Waals surface area contributed by atoms with E-state index < -0.39 is 17.1 Å². The second-order valence-corrected chi connectivity index (χ2v) is 12.0. The molecule has 1 unspecified atom stereocenters. The lowest BCUT2D eigenvalue weighted by atomic mass is 10.1. The van der Waals surface area contributed by atoms with Crippen molar-refractivity contribution >= 4 is 52.7 Å². The molecule has 5 aromatic rings. The van der Waals surface area contributed by atoms with Crippen LogP contribution in [-0.4, -0.2) is 30.1 Å². The van der Waals surface area contributed by atoms with Crippen molar-refractivity contribution < 1.29 is 23.9 Å². The average Bonchev–Trinajstić information content (AvgIpc) is 3.12. The van der Waals surface area contributed by atoms with Crippen LogP contribution in [0.15, 0.2) is 144 Å². The highest BCUT2D eigenvalue weighted by Crippen LogP contribution is 2.37. The largest absolute Gasteiger partial charge is 0.493 e. The Hall–Kier alpha value is -5.93. The number of hydrogen-bond acceptors (Lipinski definition) is 6. The van der Waals surface area contributed by atoms with Crippen LogP contribution in [0.3, 0.4) is 0 Å². The van der Waals surface area contributed by atoms with Gasteiger partial charge in [-0.3, -0.25) is 19.2 Å². The van der Waals surface area contributed by atoms with E-state index in [1.165, 1.54) is 18.7 Å². The molecular formula is C40H35N3O5S. The van der Waals surface area contributed by atoms with Crippen molar-refractivity contribution in [2.24, 2.45) is 0 Å². The summed E-state index contributed by atoms with van der Waals surface area (Å²) in [5.74, 6) is -0.640. The predicted molar refractivity (Wildman–Crippen MR) is 195 cm³/mol. The quantitative estimate of drug-likeness (QED) is 0.0662. The number of ether oxygens (including phenoxy) is 1. The lowest BCUT2D eigenvalue weighted by Crippen LogP contribution is -2.30. The number of amides is 3. The number of Topliss-reactive ketones (excluding diaryl/α,β-unsaturated/α-hetero) is 1. The highest BCUT2D eigenvalue weighted by Gasteiger charge is 2.23. The van der Waals surface area contributed by atoms with E-state index in [9.17, 15) is 19.2 Å². The van der Waals surface area contributed by atoms with Crippen LogP contribution >= 0.6 is 11.8 Å². The van der Waals surface area contributed by atoms with E-state index in [-0.39, 0.29) is 17.4 Å². The third-order valence-corrected chi connectivity index (χ3v) is 8.58. The first-order valence-corrected chi connectivity index (χ1v) is 16.5. The Kier molecular flexibility index (Phi) is 11.8. The summed E-state index contributed by atoms with van der Waals surface area (Å²) in [6, 6.07) is 39.3. The zero-order valence-corrected chi connectivity index (χ0v) is 27.8. The van der Waals surface area contributed by atoms with Gasteiger partial charge in [0.15, 0.2) is 5.78 Å². The number of ketones is 1. The van der Waals surface area contributed by atoms with Gasteiger partial charge in [-0.2, -0.15) is 0 Å². The number of para-hydroxylation sites is 1. The fourth-order valence-corrected chi connectivity index (χ4v) is 5.86. The molecule has 5 aromatic carbocycles. The van der Waals surface area contributed by atoms with Crippen LogP contribution in [0.4, 0.5) is 11.4 Å². The standard InChI is InChI=1S/C40H35N3O5S/c1-3-48-36-17-11-10-16-31(36)26-35(43-38(45)30-14-8-5-9-15-30)39(46)41-33-22-24-34(25-23-33)49-37(29-12-6-4-7-13-29)40(47)42-32-20-18-28(19-21-32)27(2)44/h4-26,37H,3H2,1-2H3,(H,41,46)(H,42,47)(H,43,45)/b35-26-. The molecule has 5 rings (SSSR count). The molecule has 0 saturated carbocycles. The molecule has 246 valence electrons. The topological polar surface area (TPSA) is 114 Å². The number of rotatable bonds is 13. The first-order valence-electron chi connectivity index (χ1n) is 15.7. The zero-order chi connectivity index (χ0) is 34.6. The fraction of sp³-hybridized carbons (Fsp3) is 0.100. The van der Waals surface area contributed by atoms with Crippen LogP contribution in [0, 0.1) is 0 Å². The second kappa shape index (κ2) is 16.8. The minimum Gasteiger partial charge on any atom is -0.493 e. The summed E-state index contributed by atoms with van der Waals surface area (Å²) < 4.78 is 5.73. The molecule has 0 fully saturated rings. The van der Waals surface area contributed by atoms with Crippen molar-refractivity contribution in [3.8, 4) is 5.75 Å². The Labute approximate surface area is 289 Å². The molecule has 0 bridgehead atoms. The lowest BCUT2D eigenvalue weighted by molar-refractivity contribution is -0.116. The molecule has 0 heterocycles. The summed E-state index contributed by atoms with van der Waals surface area (Å²) in [5, 5.41) is 8.01. The number of nitrogens with one attached hydrogen (secondary N) is 3. The van der Waals surface area contributed by atoms with Gasteiger partial charge >= 0.3 is 0 Å². The molecule has 3 amide bonds. The molecule has 0 radical (unpaired) electrons. The monoisotopic (exact) mass is 669 g/mol. The molecule has 3 N–H and O–H groups in total. The minimum atomic E-state index is -0.581. The summed E-state index contributed by atoms with van der Waals surface area (Å²) in [6.07, 6.45) is 1.59. The van der Waals surface area contributed by atoms with Crippen LogP contribution in [0.1, 0.15) is 50.9 Å². The maximum absolute atomic E-state index is 13.6. The first-order chi connectivity index (χ1) is 23.8. The van der Waals surface area contributed by atoms with Gasteiger partial charge in [-0.15, -0.1) is 11.8 Å². The van der Waals surface area contributed by atoms with Gasteiger partial charge in [-0.25, -0.2) is 0 Å². The van der Waals surface area contributed by atoms with Gasteiger partial charge < -0.3 is 20.7 Å². The molecule has 0 aromatic heterocycles. The van der Waals surface area contributed by atoms with E-state index in [0.29, 0.717) is 40.4 Å². The normalized spacial score (nSPS) is 11.6. The van der Waals surface area contributed by atoms with Gasteiger partial charge in [0.05, 0.1) is 6.61 Å². The SMILES string of the molecule is CCOc1ccccc1/C=C(\NC(=O)c1ccccc1)C(=O)Nc1ccc(SC(C(=O)Nc2ccc(C(C)=O)cc2)c2ccccc2)cc1. The van der Waals surface area contributed by atoms with Crippen molar-refractivity contribution in [1.29, 1.82) is 0 Å². The Morgan fingerprint density at radius 2 is 1.29 bits per heavy atom. The van der Waals surface area contributed by atoms with Crippen molar-refractivity contribution in [2.75, 3.05) is 17.2 Å². The summed E-state index contributed by atoms with van der Waals surface area (Å²) >= 11 is 1.36. The third-order valence-electron chi connectivity index (χ3n) is 7.31. The molecule has 49 heavy (non-hydrogen) atoms. The molecule has 0 aliphatic carbocycles. The average molecular weight is 670 g/mol. The lowest BCUT2D eigenvalue weighted by Gasteiger charge is -2.18. The van der Waals surface area contributed by atoms with Crippen LogP contribution in [0.5, 0.6) is 5.75 Å². The maximum Gasteiger partial charge on any atom is 0.272 e. The van der Waals surface area contributed by atoms with E-state index in [1.807, 2.05) is 67.6 Å². The molecule has 0 aliphatic heterocycles. The Balaban J connectivity index is 1.34. The Morgan fingerprint density at radius 1 is 0.694 bits per heavy atom. The third kappa shape index (κ3) is 9.56. The second-order valence-electron chi connectivity index (χ2n) is 10.9. The number of benzene rings is 5. The summed E-state index contributed by atoms with van der Waals surface area (Å²) in [7, 11) is 0. The van der Waals surface area contributed by atoms with Gasteiger partial charge in [0.25, 0.3) is 11.8 Å². The van der Waals surface area contributed by atoms with E-state index in [4.69, 9.17) is 4.74 Å². The van der Waals surface area contributed by atoms with E-state index in [2.05, 4.69) is 16.0 Å². The smallest absolute Gasteiger partial charge is 0.272 e. The van der Waals surface area contributed by atoms with E-state index >= 15 is 0 Å². The van der Waals surface area contributed by atoms with Gasteiger partial charge in [0.2, 0.25) is 5.91 Å². The summed E-state index contributed by atoms with van der Waals surface area (Å²) in [6.45, 7) is 3.81. The summed E-state index contributed by atoms with van der Waals surface area (Å²) in [5.41, 5.74) is 3.55. The number of hydrogen-bond donors (Lipinski definition) is 3. The van der Waals surface area contributed by atoms with Gasteiger partial charge in [0.1, 0.15) is 16.7 Å². The van der Waals surface area contributed by atoms with Crippen molar-refractivity contribution in [3.63, 3.8) is 0 Å².